The molecule has 2 rings (SSSR count). The lowest BCUT2D eigenvalue weighted by atomic mass is 10.2. The van der Waals surface area contributed by atoms with Crippen LogP contribution >= 0.6 is 23.2 Å². The van der Waals surface area contributed by atoms with Crippen molar-refractivity contribution in [2.75, 3.05) is 19.3 Å². The molecule has 2 aromatic rings. The summed E-state index contributed by atoms with van der Waals surface area (Å²) in [4.78, 5) is 7.10. The number of benzene rings is 2. The van der Waals surface area contributed by atoms with Gasteiger partial charge in [0.25, 0.3) is 0 Å². The zero-order chi connectivity index (χ0) is 21.6. The Morgan fingerprint density at radius 3 is 2.55 bits per heavy atom. The van der Waals surface area contributed by atoms with Crippen LogP contribution in [0.5, 0.6) is 0 Å². The normalized spacial score (nSPS) is 13.7. The first-order valence-electron chi connectivity index (χ1n) is 9.64. The highest BCUT2D eigenvalue weighted by Crippen LogP contribution is 2.32. The Morgan fingerprint density at radius 2 is 1.93 bits per heavy atom. The Kier molecular flexibility index (Phi) is 8.56. The Hall–Kier alpha value is -1.56. The fraction of sp³-hybridized carbons (Fsp3) is 0.409. The van der Waals surface area contributed by atoms with Crippen molar-refractivity contribution in [2.24, 2.45) is 15.3 Å². The quantitative estimate of drug-likeness (QED) is 0.333. The molecule has 0 aliphatic heterocycles. The summed E-state index contributed by atoms with van der Waals surface area (Å²) < 4.78 is 18.6. The van der Waals surface area contributed by atoms with E-state index in [0.29, 0.717) is 32.9 Å². The summed E-state index contributed by atoms with van der Waals surface area (Å²) in [6, 6.07) is 11.1. The number of nitrogens with zero attached hydrogens (tertiary/aromatic N) is 3. The maximum absolute atomic E-state index is 13.9. The van der Waals surface area contributed by atoms with E-state index in [9.17, 15) is 4.21 Å². The molecular weight excluding hydrogens is 425 g/mol. The average Bonchev–Trinajstić information content (AvgIpc) is 2.66. The van der Waals surface area contributed by atoms with Crippen LogP contribution in [0.15, 0.2) is 50.6 Å². The highest BCUT2D eigenvalue weighted by molar-refractivity contribution is 7.93. The lowest BCUT2D eigenvalue weighted by molar-refractivity contribution is 0.552. The van der Waals surface area contributed by atoms with E-state index in [1.54, 1.807) is 12.4 Å². The fourth-order valence-corrected chi connectivity index (χ4v) is 5.85. The molecule has 29 heavy (non-hydrogen) atoms. The molecular formula is C22H29Cl2N3OS. The minimum Gasteiger partial charge on any atom is -0.366 e. The highest BCUT2D eigenvalue weighted by Gasteiger charge is 2.19. The third-order valence-electron chi connectivity index (χ3n) is 4.38. The van der Waals surface area contributed by atoms with Crippen molar-refractivity contribution in [1.82, 2.24) is 4.90 Å². The van der Waals surface area contributed by atoms with E-state index in [-0.39, 0.29) is 5.92 Å². The summed E-state index contributed by atoms with van der Waals surface area (Å²) >= 11 is 12.6. The fourth-order valence-electron chi connectivity index (χ4n) is 2.81. The van der Waals surface area contributed by atoms with Crippen LogP contribution in [-0.4, -0.2) is 34.8 Å². The van der Waals surface area contributed by atoms with Crippen LogP contribution < -0.4 is 0 Å². The molecule has 7 heteroatoms. The number of aryl methyl sites for hydroxylation is 1. The van der Waals surface area contributed by atoms with E-state index in [0.717, 1.165) is 17.7 Å². The van der Waals surface area contributed by atoms with Gasteiger partial charge in [0.2, 0.25) is 0 Å². The van der Waals surface area contributed by atoms with E-state index < -0.39 is 9.73 Å². The maximum Gasteiger partial charge on any atom is 0.0910 e. The van der Waals surface area contributed by atoms with Gasteiger partial charge >= 0.3 is 0 Å². The van der Waals surface area contributed by atoms with Crippen LogP contribution in [0, 0.1) is 12.8 Å². The van der Waals surface area contributed by atoms with Gasteiger partial charge in [0.05, 0.1) is 38.2 Å². The van der Waals surface area contributed by atoms with Gasteiger partial charge in [-0.15, -0.1) is 0 Å². The lowest BCUT2D eigenvalue weighted by Gasteiger charge is -2.17. The van der Waals surface area contributed by atoms with Crippen LogP contribution in [0.4, 0.5) is 5.69 Å². The third kappa shape index (κ3) is 6.73. The minimum atomic E-state index is -2.65. The maximum atomic E-state index is 13.9. The van der Waals surface area contributed by atoms with Crippen LogP contribution in [0.1, 0.15) is 31.9 Å². The second kappa shape index (κ2) is 10.5. The Labute approximate surface area is 185 Å². The zero-order valence-electron chi connectivity index (χ0n) is 17.7. The van der Waals surface area contributed by atoms with Crippen molar-refractivity contribution in [3.05, 3.63) is 57.6 Å². The molecule has 0 radical (unpaired) electrons. The van der Waals surface area contributed by atoms with Gasteiger partial charge < -0.3 is 4.90 Å². The first kappa shape index (κ1) is 23.7. The minimum absolute atomic E-state index is 0.222. The van der Waals surface area contributed by atoms with Gasteiger partial charge in [0.15, 0.2) is 0 Å². The molecule has 0 aromatic heterocycles. The topological polar surface area (TPSA) is 45.0 Å². The zero-order valence-corrected chi connectivity index (χ0v) is 20.0. The molecule has 0 bridgehead atoms. The molecule has 1 atom stereocenters. The monoisotopic (exact) mass is 453 g/mol. The molecule has 4 nitrogen and oxygen atoms in total. The number of hydrogen-bond donors (Lipinski definition) is 0. The van der Waals surface area contributed by atoms with E-state index in [4.69, 9.17) is 23.2 Å². The van der Waals surface area contributed by atoms with Crippen LogP contribution in [0.2, 0.25) is 10.0 Å². The van der Waals surface area contributed by atoms with Crippen molar-refractivity contribution in [2.45, 2.75) is 39.1 Å². The van der Waals surface area contributed by atoms with Crippen LogP contribution in [0.3, 0.4) is 0 Å². The molecule has 0 aliphatic carbocycles. The van der Waals surface area contributed by atoms with Crippen LogP contribution in [0.25, 0.3) is 0 Å². The van der Waals surface area contributed by atoms with Gasteiger partial charge in [-0.3, -0.25) is 0 Å². The molecule has 158 valence electrons. The molecule has 0 N–H and O–H groups in total. The number of halogens is 2. The summed E-state index contributed by atoms with van der Waals surface area (Å²) in [5.41, 5.74) is 2.47. The molecule has 0 amide bonds. The number of hydrogen-bond acceptors (Lipinski definition) is 3. The van der Waals surface area contributed by atoms with Crippen molar-refractivity contribution in [3.63, 3.8) is 0 Å². The smallest absolute Gasteiger partial charge is 0.0910 e. The Morgan fingerprint density at radius 1 is 1.21 bits per heavy atom. The number of rotatable bonds is 8. The van der Waals surface area contributed by atoms with Gasteiger partial charge in [0.1, 0.15) is 0 Å². The molecule has 0 spiro atoms. The summed E-state index contributed by atoms with van der Waals surface area (Å²) in [6.45, 7) is 9.26. The standard InChI is InChI=1S/C22H29Cl2N3OS/c1-6-27(5)15-25-21-10-17(4)22(12-20(21)24)29(28,14-16(2)3)26-13-18-8-7-9-19(23)11-18/h7-12,15-16H,6,13-14H2,1-5H3/b25-15-. The second-order valence-corrected chi connectivity index (χ2v) is 10.7. The van der Waals surface area contributed by atoms with Crippen molar-refractivity contribution >= 4 is 45.0 Å². The average molecular weight is 454 g/mol. The summed E-state index contributed by atoms with van der Waals surface area (Å²) in [5.74, 6) is 0.686. The summed E-state index contributed by atoms with van der Waals surface area (Å²) in [5, 5.41) is 1.12. The van der Waals surface area contributed by atoms with Gasteiger partial charge in [-0.1, -0.05) is 49.2 Å². The van der Waals surface area contributed by atoms with Crippen molar-refractivity contribution < 1.29 is 4.21 Å². The van der Waals surface area contributed by atoms with E-state index in [2.05, 4.69) is 9.36 Å². The van der Waals surface area contributed by atoms with Crippen molar-refractivity contribution in [1.29, 1.82) is 0 Å². The predicted octanol–water partition coefficient (Wildman–Crippen LogP) is 6.60. The van der Waals surface area contributed by atoms with Gasteiger partial charge in [-0.25, -0.2) is 13.6 Å². The molecule has 0 heterocycles. The first-order chi connectivity index (χ1) is 13.6. The Balaban J connectivity index is 2.49. The second-order valence-electron chi connectivity index (χ2n) is 7.51. The molecule has 1 unspecified atom stereocenters. The van der Waals surface area contributed by atoms with Crippen molar-refractivity contribution in [3.8, 4) is 0 Å². The van der Waals surface area contributed by atoms with Crippen LogP contribution in [-0.2, 0) is 16.3 Å². The summed E-state index contributed by atoms with van der Waals surface area (Å²) in [7, 11) is -0.701. The molecule has 0 fully saturated rings. The molecule has 0 aliphatic rings. The van der Waals surface area contributed by atoms with Gasteiger partial charge in [0, 0.05) is 24.4 Å². The lowest BCUT2D eigenvalue weighted by Crippen LogP contribution is -2.14. The summed E-state index contributed by atoms with van der Waals surface area (Å²) in [6.07, 6.45) is 1.75. The Bertz CT molecular complexity index is 996. The SMILES string of the molecule is CCN(C)/C=N\c1cc(C)c(S(=O)(CC(C)C)=NCc2cccc(Cl)c2)cc1Cl. The van der Waals surface area contributed by atoms with E-state index in [1.165, 1.54) is 0 Å². The predicted molar refractivity (Wildman–Crippen MR) is 126 cm³/mol. The van der Waals surface area contributed by atoms with E-state index in [1.807, 2.05) is 70.0 Å². The molecule has 0 saturated heterocycles. The molecule has 2 aromatic carbocycles. The van der Waals surface area contributed by atoms with E-state index >= 15 is 0 Å². The highest BCUT2D eigenvalue weighted by atomic mass is 35.5. The number of aliphatic imine (C=N–C) groups is 1. The molecule has 0 saturated carbocycles. The van der Waals surface area contributed by atoms with Gasteiger partial charge in [-0.2, -0.15) is 0 Å². The third-order valence-corrected chi connectivity index (χ3v) is 7.71. The van der Waals surface area contributed by atoms with Gasteiger partial charge in [-0.05, 0) is 55.2 Å². The largest absolute Gasteiger partial charge is 0.366 e. The first-order valence-corrected chi connectivity index (χ1v) is 12.1.